The number of hydrogen-bond donors (Lipinski definition) is 1. The molecule has 1 fully saturated rings. The molecule has 1 aromatic carbocycles. The molecular weight excluding hydrogens is 182 g/mol. The van der Waals surface area contributed by atoms with Gasteiger partial charge in [0.25, 0.3) is 0 Å². The molecule has 15 heavy (non-hydrogen) atoms. The van der Waals surface area contributed by atoms with Crippen LogP contribution >= 0.6 is 0 Å². The molecule has 1 heteroatoms. The summed E-state index contributed by atoms with van der Waals surface area (Å²) in [6.07, 6.45) is 6.68. The van der Waals surface area contributed by atoms with Gasteiger partial charge in [-0.3, -0.25) is 0 Å². The molecule has 0 atom stereocenters. The smallest absolute Gasteiger partial charge is 0.0432 e. The van der Waals surface area contributed by atoms with Crippen LogP contribution < -0.4 is 5.32 Å². The minimum atomic E-state index is 0.256. The lowest BCUT2D eigenvalue weighted by Crippen LogP contribution is -2.41. The van der Waals surface area contributed by atoms with E-state index in [0.29, 0.717) is 0 Å². The van der Waals surface area contributed by atoms with Crippen LogP contribution in [0.15, 0.2) is 24.3 Å². The van der Waals surface area contributed by atoms with Gasteiger partial charge in [-0.05, 0) is 32.4 Å². The maximum absolute atomic E-state index is 3.55. The summed E-state index contributed by atoms with van der Waals surface area (Å²) in [5.41, 5.74) is 3.07. The molecule has 0 aliphatic heterocycles. The predicted molar refractivity (Wildman–Crippen MR) is 65.0 cm³/mol. The molecule has 0 heterocycles. The van der Waals surface area contributed by atoms with Crippen LogP contribution in [-0.2, 0) is 5.54 Å². The molecule has 0 saturated heterocycles. The minimum Gasteiger partial charge on any atom is -0.310 e. The second-order valence-corrected chi connectivity index (χ2v) is 4.76. The average molecular weight is 203 g/mol. The summed E-state index contributed by atoms with van der Waals surface area (Å²) < 4.78 is 0. The quantitative estimate of drug-likeness (QED) is 0.777. The first-order valence-electron chi connectivity index (χ1n) is 6.03. The van der Waals surface area contributed by atoms with E-state index in [-0.39, 0.29) is 5.54 Å². The van der Waals surface area contributed by atoms with E-state index >= 15 is 0 Å². The van der Waals surface area contributed by atoms with Crippen molar-refractivity contribution in [2.45, 2.75) is 44.6 Å². The van der Waals surface area contributed by atoms with Crippen LogP contribution in [0.2, 0.25) is 0 Å². The molecule has 2 rings (SSSR count). The zero-order chi connectivity index (χ0) is 10.7. The fraction of sp³-hybridized carbons (Fsp3) is 0.571. The van der Waals surface area contributed by atoms with E-state index in [9.17, 15) is 0 Å². The Labute approximate surface area is 92.9 Å². The van der Waals surface area contributed by atoms with Gasteiger partial charge in [-0.15, -0.1) is 0 Å². The Morgan fingerprint density at radius 1 is 1.00 bits per heavy atom. The SMILES string of the molecule is CNC1(c2ccc(C)cc2)CCCCC1. The molecular formula is C14H21N. The van der Waals surface area contributed by atoms with Crippen LogP contribution in [0, 0.1) is 6.92 Å². The molecule has 0 spiro atoms. The van der Waals surface area contributed by atoms with Crippen LogP contribution in [0.4, 0.5) is 0 Å². The fourth-order valence-electron chi connectivity index (χ4n) is 2.71. The zero-order valence-corrected chi connectivity index (χ0v) is 9.84. The minimum absolute atomic E-state index is 0.256. The molecule has 1 saturated carbocycles. The number of rotatable bonds is 2. The van der Waals surface area contributed by atoms with Gasteiger partial charge in [-0.25, -0.2) is 0 Å². The van der Waals surface area contributed by atoms with Crippen LogP contribution in [0.3, 0.4) is 0 Å². The summed E-state index contributed by atoms with van der Waals surface area (Å²) in [6, 6.07) is 9.03. The summed E-state index contributed by atoms with van der Waals surface area (Å²) in [4.78, 5) is 0. The van der Waals surface area contributed by atoms with Gasteiger partial charge in [0.15, 0.2) is 0 Å². The highest BCUT2D eigenvalue weighted by molar-refractivity contribution is 5.28. The first kappa shape index (κ1) is 10.7. The van der Waals surface area contributed by atoms with Crippen molar-refractivity contribution in [3.05, 3.63) is 35.4 Å². The van der Waals surface area contributed by atoms with Crippen LogP contribution in [0.1, 0.15) is 43.2 Å². The first-order valence-corrected chi connectivity index (χ1v) is 6.03. The van der Waals surface area contributed by atoms with Gasteiger partial charge in [-0.1, -0.05) is 49.1 Å². The standard InChI is InChI=1S/C14H21N/c1-12-6-8-13(9-7-12)14(15-2)10-4-3-5-11-14/h6-9,15H,3-5,10-11H2,1-2H3. The summed E-state index contributed by atoms with van der Waals surface area (Å²) in [6.45, 7) is 2.15. The Morgan fingerprint density at radius 2 is 1.60 bits per heavy atom. The Kier molecular flexibility index (Phi) is 3.11. The topological polar surface area (TPSA) is 12.0 Å². The maximum atomic E-state index is 3.55. The van der Waals surface area contributed by atoms with Gasteiger partial charge in [0.1, 0.15) is 0 Å². The van der Waals surface area contributed by atoms with Crippen molar-refractivity contribution in [2.24, 2.45) is 0 Å². The molecule has 82 valence electrons. The third-order valence-electron chi connectivity index (χ3n) is 3.79. The molecule has 1 nitrogen and oxygen atoms in total. The normalized spacial score (nSPS) is 20.1. The van der Waals surface area contributed by atoms with E-state index in [4.69, 9.17) is 0 Å². The molecule has 0 radical (unpaired) electrons. The molecule has 0 amide bonds. The van der Waals surface area contributed by atoms with Crippen LogP contribution in [0.5, 0.6) is 0 Å². The maximum Gasteiger partial charge on any atom is 0.0432 e. The average Bonchev–Trinajstić information content (AvgIpc) is 2.31. The second kappa shape index (κ2) is 4.36. The van der Waals surface area contributed by atoms with E-state index in [1.165, 1.54) is 43.2 Å². The van der Waals surface area contributed by atoms with Crippen molar-refractivity contribution in [1.82, 2.24) is 5.32 Å². The summed E-state index contributed by atoms with van der Waals surface area (Å²) in [5, 5.41) is 3.55. The van der Waals surface area contributed by atoms with E-state index in [1.54, 1.807) is 0 Å². The van der Waals surface area contributed by atoms with Crippen molar-refractivity contribution in [3.63, 3.8) is 0 Å². The molecule has 1 aliphatic carbocycles. The van der Waals surface area contributed by atoms with Crippen LogP contribution in [-0.4, -0.2) is 7.05 Å². The Hall–Kier alpha value is -0.820. The summed E-state index contributed by atoms with van der Waals surface area (Å²) >= 11 is 0. The molecule has 0 unspecified atom stereocenters. The van der Waals surface area contributed by atoms with Gasteiger partial charge in [0, 0.05) is 5.54 Å². The molecule has 0 aromatic heterocycles. The largest absolute Gasteiger partial charge is 0.310 e. The summed E-state index contributed by atoms with van der Waals surface area (Å²) in [5.74, 6) is 0. The molecule has 1 N–H and O–H groups in total. The van der Waals surface area contributed by atoms with Gasteiger partial charge >= 0.3 is 0 Å². The highest BCUT2D eigenvalue weighted by Gasteiger charge is 2.31. The molecule has 0 bridgehead atoms. The van der Waals surface area contributed by atoms with Crippen molar-refractivity contribution in [2.75, 3.05) is 7.05 Å². The van der Waals surface area contributed by atoms with E-state index < -0.39 is 0 Å². The van der Waals surface area contributed by atoms with Crippen molar-refractivity contribution >= 4 is 0 Å². The third kappa shape index (κ3) is 2.07. The molecule has 1 aromatic rings. The lowest BCUT2D eigenvalue weighted by molar-refractivity contribution is 0.250. The predicted octanol–water partition coefficient (Wildman–Crippen LogP) is 3.37. The van der Waals surface area contributed by atoms with E-state index in [1.807, 2.05) is 0 Å². The first-order chi connectivity index (χ1) is 7.27. The van der Waals surface area contributed by atoms with E-state index in [2.05, 4.69) is 43.6 Å². The fourth-order valence-corrected chi connectivity index (χ4v) is 2.71. The molecule has 1 aliphatic rings. The second-order valence-electron chi connectivity index (χ2n) is 4.76. The number of nitrogens with one attached hydrogen (secondary N) is 1. The monoisotopic (exact) mass is 203 g/mol. The number of hydrogen-bond acceptors (Lipinski definition) is 1. The third-order valence-corrected chi connectivity index (χ3v) is 3.79. The number of benzene rings is 1. The van der Waals surface area contributed by atoms with Crippen molar-refractivity contribution < 1.29 is 0 Å². The Balaban J connectivity index is 2.28. The van der Waals surface area contributed by atoms with Crippen LogP contribution in [0.25, 0.3) is 0 Å². The Morgan fingerprint density at radius 3 is 2.13 bits per heavy atom. The van der Waals surface area contributed by atoms with Crippen molar-refractivity contribution in [1.29, 1.82) is 0 Å². The van der Waals surface area contributed by atoms with Gasteiger partial charge in [0.2, 0.25) is 0 Å². The van der Waals surface area contributed by atoms with Gasteiger partial charge < -0.3 is 5.32 Å². The highest BCUT2D eigenvalue weighted by Crippen LogP contribution is 2.36. The highest BCUT2D eigenvalue weighted by atomic mass is 14.9. The Bertz CT molecular complexity index is 307. The van der Waals surface area contributed by atoms with E-state index in [0.717, 1.165) is 0 Å². The van der Waals surface area contributed by atoms with Crippen molar-refractivity contribution in [3.8, 4) is 0 Å². The number of aryl methyl sites for hydroxylation is 1. The zero-order valence-electron chi connectivity index (χ0n) is 9.84. The van der Waals surface area contributed by atoms with Gasteiger partial charge in [0.05, 0.1) is 0 Å². The lowest BCUT2D eigenvalue weighted by Gasteiger charge is -2.37. The lowest BCUT2D eigenvalue weighted by atomic mass is 9.76. The van der Waals surface area contributed by atoms with Gasteiger partial charge in [-0.2, -0.15) is 0 Å². The summed E-state index contributed by atoms with van der Waals surface area (Å²) in [7, 11) is 2.10.